The van der Waals surface area contributed by atoms with Crippen LogP contribution in [-0.2, 0) is 0 Å². The maximum Gasteiger partial charge on any atom is 0.272 e. The molecule has 0 atom stereocenters. The Hall–Kier alpha value is -0.570. The molecule has 0 aliphatic rings. The van der Waals surface area contributed by atoms with E-state index in [2.05, 4.69) is 26.5 Å². The molecule has 1 N–H and O–H groups in total. The van der Waals surface area contributed by atoms with Crippen molar-refractivity contribution in [1.82, 2.24) is 5.43 Å². The van der Waals surface area contributed by atoms with Crippen molar-refractivity contribution in [3.63, 3.8) is 0 Å². The second-order valence-electron chi connectivity index (χ2n) is 3.59. The van der Waals surface area contributed by atoms with Gasteiger partial charge in [-0.05, 0) is 34.1 Å². The summed E-state index contributed by atoms with van der Waals surface area (Å²) < 4.78 is 6.87. The summed E-state index contributed by atoms with van der Waals surface area (Å²) in [6, 6.07) is 6.35. The Labute approximate surface area is 146 Å². The first-order valence-corrected chi connectivity index (χ1v) is 7.83. The molecule has 0 unspecified atom stereocenters. The van der Waals surface area contributed by atoms with E-state index < -0.39 is 5.91 Å². The van der Waals surface area contributed by atoms with Crippen LogP contribution >= 0.6 is 61.7 Å². The molecule has 2 rings (SSSR count). The number of hydrogen-bond acceptors (Lipinski definition) is 3. The van der Waals surface area contributed by atoms with Gasteiger partial charge in [-0.25, -0.2) is 5.43 Å². The number of benzene rings is 1. The first-order valence-electron chi connectivity index (χ1n) is 5.20. The number of amides is 1. The van der Waals surface area contributed by atoms with Crippen molar-refractivity contribution in [1.29, 1.82) is 0 Å². The third-order valence-electron chi connectivity index (χ3n) is 2.20. The lowest BCUT2D eigenvalue weighted by Gasteiger charge is -2.02. The highest BCUT2D eigenvalue weighted by Gasteiger charge is 2.10. The van der Waals surface area contributed by atoms with E-state index in [1.54, 1.807) is 12.1 Å². The normalized spacial score (nSPS) is 11.0. The molecule has 1 aromatic carbocycles. The number of hydrogen-bond donors (Lipinski definition) is 1. The maximum atomic E-state index is 11.8. The summed E-state index contributed by atoms with van der Waals surface area (Å²) in [5, 5.41) is 4.53. The summed E-state index contributed by atoms with van der Waals surface area (Å²) in [7, 11) is 0. The average molecular weight is 488 g/mol. The minimum atomic E-state index is -0.428. The third kappa shape index (κ3) is 3.97. The molecule has 0 bridgehead atoms. The second kappa shape index (κ2) is 6.93. The van der Waals surface area contributed by atoms with Crippen LogP contribution in [0.4, 0.5) is 0 Å². The zero-order valence-corrected chi connectivity index (χ0v) is 14.9. The van der Waals surface area contributed by atoms with E-state index in [4.69, 9.17) is 27.6 Å². The van der Waals surface area contributed by atoms with Gasteiger partial charge in [-0.15, -0.1) is 0 Å². The molecule has 0 fully saturated rings. The molecule has 1 heterocycles. The Morgan fingerprint density at radius 3 is 2.75 bits per heavy atom. The van der Waals surface area contributed by atoms with Gasteiger partial charge in [0.05, 0.1) is 21.3 Å². The molecule has 104 valence electrons. The predicted molar refractivity (Wildman–Crippen MR) is 90.6 cm³/mol. The zero-order chi connectivity index (χ0) is 14.7. The van der Waals surface area contributed by atoms with E-state index in [1.807, 2.05) is 22.6 Å². The number of rotatable bonds is 3. The molecule has 0 saturated carbocycles. The number of nitrogens with zero attached hydrogens (tertiary/aromatic N) is 1. The smallest absolute Gasteiger partial charge is 0.272 e. The Morgan fingerprint density at radius 1 is 1.40 bits per heavy atom. The van der Waals surface area contributed by atoms with Crippen LogP contribution in [0, 0.1) is 3.77 Å². The molecule has 20 heavy (non-hydrogen) atoms. The third-order valence-corrected chi connectivity index (χ3v) is 4.88. The Balaban J connectivity index is 2.05. The van der Waals surface area contributed by atoms with Gasteiger partial charge in [0.25, 0.3) is 5.91 Å². The van der Waals surface area contributed by atoms with Gasteiger partial charge in [0.2, 0.25) is 0 Å². The van der Waals surface area contributed by atoms with Gasteiger partial charge in [-0.3, -0.25) is 4.79 Å². The van der Waals surface area contributed by atoms with Gasteiger partial charge >= 0.3 is 0 Å². The summed E-state index contributed by atoms with van der Waals surface area (Å²) >= 11 is 17.0. The van der Waals surface area contributed by atoms with Crippen molar-refractivity contribution < 1.29 is 9.21 Å². The van der Waals surface area contributed by atoms with E-state index in [9.17, 15) is 4.79 Å². The lowest BCUT2D eigenvalue weighted by Crippen LogP contribution is -2.17. The van der Waals surface area contributed by atoms with E-state index in [0.29, 0.717) is 20.1 Å². The highest BCUT2D eigenvalue weighted by molar-refractivity contribution is 14.1. The summed E-state index contributed by atoms with van der Waals surface area (Å²) in [6.07, 6.45) is 1.40. The van der Waals surface area contributed by atoms with Crippen molar-refractivity contribution in [3.05, 3.63) is 53.9 Å². The van der Waals surface area contributed by atoms with E-state index >= 15 is 0 Å². The Bertz CT molecular complexity index is 669. The molecule has 0 aliphatic carbocycles. The lowest BCUT2D eigenvalue weighted by molar-refractivity contribution is 0.0955. The topological polar surface area (TPSA) is 54.6 Å². The number of furan rings is 1. The van der Waals surface area contributed by atoms with Crippen LogP contribution in [0.25, 0.3) is 0 Å². The molecule has 1 amide bonds. The van der Waals surface area contributed by atoms with Crippen molar-refractivity contribution in [2.24, 2.45) is 5.10 Å². The van der Waals surface area contributed by atoms with Gasteiger partial charge in [-0.1, -0.05) is 23.2 Å². The second-order valence-corrected chi connectivity index (χ2v) is 6.27. The summed E-state index contributed by atoms with van der Waals surface area (Å²) in [5.74, 6) is 0.0898. The van der Waals surface area contributed by atoms with E-state index in [1.165, 1.54) is 18.3 Å². The monoisotopic (exact) mass is 486 g/mol. The van der Waals surface area contributed by atoms with Gasteiger partial charge in [-0.2, -0.15) is 5.10 Å². The quantitative estimate of drug-likeness (QED) is 0.387. The molecular weight excluding hydrogens is 482 g/mol. The summed E-state index contributed by atoms with van der Waals surface area (Å²) in [4.78, 5) is 11.8. The molecule has 4 nitrogen and oxygen atoms in total. The first-order chi connectivity index (χ1) is 9.47. The van der Waals surface area contributed by atoms with Crippen LogP contribution in [0.1, 0.15) is 16.1 Å². The SMILES string of the molecule is O=C(N/N=C\c1cc(Br)c(I)o1)c1ccc(Cl)cc1Cl. The summed E-state index contributed by atoms with van der Waals surface area (Å²) in [5.41, 5.74) is 2.66. The lowest BCUT2D eigenvalue weighted by atomic mass is 10.2. The predicted octanol–water partition coefficient (Wildman–Crippen LogP) is 4.72. The Morgan fingerprint density at radius 2 is 2.15 bits per heavy atom. The average Bonchev–Trinajstić information content (AvgIpc) is 2.68. The highest BCUT2D eigenvalue weighted by atomic mass is 127. The number of carbonyl (C=O) groups excluding carboxylic acids is 1. The minimum absolute atomic E-state index is 0.264. The van der Waals surface area contributed by atoms with Crippen LogP contribution in [0.2, 0.25) is 10.0 Å². The van der Waals surface area contributed by atoms with Crippen LogP contribution in [0.5, 0.6) is 0 Å². The fourth-order valence-corrected chi connectivity index (χ4v) is 2.53. The van der Waals surface area contributed by atoms with Crippen LogP contribution in [0.3, 0.4) is 0 Å². The van der Waals surface area contributed by atoms with Crippen molar-refractivity contribution >= 4 is 73.8 Å². The van der Waals surface area contributed by atoms with Crippen LogP contribution in [0.15, 0.2) is 38.3 Å². The standard InChI is InChI=1S/C12H6BrCl2IN2O2/c13-9-4-7(20-11(9)16)5-17-18-12(19)8-2-1-6(14)3-10(8)15/h1-5H,(H,18,19)/b17-5-. The van der Waals surface area contributed by atoms with Gasteiger partial charge in [0.1, 0.15) is 5.76 Å². The fraction of sp³-hybridized carbons (Fsp3) is 0. The highest BCUT2D eigenvalue weighted by Crippen LogP contribution is 2.22. The maximum absolute atomic E-state index is 11.8. The summed E-state index contributed by atoms with van der Waals surface area (Å²) in [6.45, 7) is 0. The zero-order valence-electron chi connectivity index (χ0n) is 9.66. The molecule has 2 aromatic rings. The first kappa shape index (κ1) is 15.8. The Kier molecular flexibility index (Phi) is 5.48. The van der Waals surface area contributed by atoms with Crippen molar-refractivity contribution in [2.45, 2.75) is 0 Å². The molecule has 8 heteroatoms. The molecule has 1 aromatic heterocycles. The molecule has 0 saturated heterocycles. The van der Waals surface area contributed by atoms with Crippen LogP contribution < -0.4 is 5.43 Å². The van der Waals surface area contributed by atoms with Gasteiger partial charge in [0, 0.05) is 33.7 Å². The number of carbonyl (C=O) groups is 1. The largest absolute Gasteiger partial charge is 0.448 e. The molecule has 0 radical (unpaired) electrons. The molecular formula is C12H6BrCl2IN2O2. The fourth-order valence-electron chi connectivity index (χ4n) is 1.32. The number of nitrogens with one attached hydrogen (secondary N) is 1. The number of hydrazone groups is 1. The number of halogens is 4. The van der Waals surface area contributed by atoms with E-state index in [0.717, 1.165) is 4.47 Å². The van der Waals surface area contributed by atoms with E-state index in [-0.39, 0.29) is 5.02 Å². The molecule has 0 aliphatic heterocycles. The van der Waals surface area contributed by atoms with Crippen molar-refractivity contribution in [2.75, 3.05) is 0 Å². The van der Waals surface area contributed by atoms with Gasteiger partial charge < -0.3 is 4.42 Å². The van der Waals surface area contributed by atoms with Crippen molar-refractivity contribution in [3.8, 4) is 0 Å². The van der Waals surface area contributed by atoms with Gasteiger partial charge in [0.15, 0.2) is 3.77 Å². The van der Waals surface area contributed by atoms with Crippen LogP contribution in [-0.4, -0.2) is 12.1 Å². The minimum Gasteiger partial charge on any atom is -0.448 e. The molecule has 0 spiro atoms.